The molecule has 2 amide bonds. The fourth-order valence-electron chi connectivity index (χ4n) is 2.98. The summed E-state index contributed by atoms with van der Waals surface area (Å²) in [5.41, 5.74) is 1.60. The lowest BCUT2D eigenvalue weighted by molar-refractivity contribution is -0.142. The van der Waals surface area contributed by atoms with Crippen LogP contribution in [0.25, 0.3) is 0 Å². The lowest BCUT2D eigenvalue weighted by atomic mass is 10.1. The summed E-state index contributed by atoms with van der Waals surface area (Å²) in [6.45, 7) is 9.64. The van der Waals surface area contributed by atoms with Crippen molar-refractivity contribution in [2.45, 2.75) is 52.6 Å². The molecule has 0 unspecified atom stereocenters. The predicted molar refractivity (Wildman–Crippen MR) is 121 cm³/mol. The van der Waals surface area contributed by atoms with E-state index in [1.165, 1.54) is 0 Å². The summed E-state index contributed by atoms with van der Waals surface area (Å²) < 4.78 is 5.69. The second-order valence-electron chi connectivity index (χ2n) is 8.44. The molecule has 2 aromatic rings. The van der Waals surface area contributed by atoms with E-state index in [1.807, 2.05) is 58.0 Å². The Bertz CT molecular complexity index is 862. The van der Waals surface area contributed by atoms with Crippen molar-refractivity contribution in [2.75, 3.05) is 13.2 Å². The first-order valence-electron chi connectivity index (χ1n) is 10.1. The van der Waals surface area contributed by atoms with Crippen molar-refractivity contribution < 1.29 is 14.3 Å². The lowest BCUT2D eigenvalue weighted by Gasteiger charge is -2.31. The number of carbonyl (C=O) groups excluding carboxylic acids is 2. The van der Waals surface area contributed by atoms with E-state index in [1.54, 1.807) is 30.0 Å². The Labute approximate surface area is 184 Å². The minimum absolute atomic E-state index is 0.150. The lowest BCUT2D eigenvalue weighted by Crippen LogP contribution is -2.53. The fourth-order valence-corrected chi connectivity index (χ4v) is 3.10. The van der Waals surface area contributed by atoms with Gasteiger partial charge < -0.3 is 15.0 Å². The van der Waals surface area contributed by atoms with Gasteiger partial charge in [-0.25, -0.2) is 0 Å². The Morgan fingerprint density at radius 3 is 2.40 bits per heavy atom. The Balaban J connectivity index is 2.10. The zero-order valence-corrected chi connectivity index (χ0v) is 19.1. The summed E-state index contributed by atoms with van der Waals surface area (Å²) >= 11 is 6.05. The van der Waals surface area contributed by atoms with Crippen LogP contribution in [0, 0.1) is 6.92 Å². The van der Waals surface area contributed by atoms with Crippen molar-refractivity contribution in [3.8, 4) is 5.75 Å². The van der Waals surface area contributed by atoms with Gasteiger partial charge in [0.1, 0.15) is 11.8 Å². The molecule has 162 valence electrons. The van der Waals surface area contributed by atoms with E-state index in [4.69, 9.17) is 16.3 Å². The van der Waals surface area contributed by atoms with Crippen molar-refractivity contribution in [3.05, 3.63) is 64.7 Å². The third-order valence-electron chi connectivity index (χ3n) is 4.64. The van der Waals surface area contributed by atoms with Crippen molar-refractivity contribution in [2.24, 2.45) is 0 Å². The van der Waals surface area contributed by atoms with Gasteiger partial charge in [0.15, 0.2) is 6.61 Å². The van der Waals surface area contributed by atoms with E-state index in [9.17, 15) is 9.59 Å². The summed E-state index contributed by atoms with van der Waals surface area (Å²) in [6, 6.07) is 14.5. The summed E-state index contributed by atoms with van der Waals surface area (Å²) in [4.78, 5) is 27.3. The summed E-state index contributed by atoms with van der Waals surface area (Å²) in [5.74, 6) is 0.140. The highest BCUT2D eigenvalue weighted by Gasteiger charge is 2.28. The normalized spacial score (nSPS) is 12.2. The quantitative estimate of drug-likeness (QED) is 0.675. The highest BCUT2D eigenvalue weighted by molar-refractivity contribution is 6.31. The summed E-state index contributed by atoms with van der Waals surface area (Å²) in [7, 11) is 0. The molecule has 1 N–H and O–H groups in total. The average molecular weight is 431 g/mol. The van der Waals surface area contributed by atoms with Crippen LogP contribution in [-0.4, -0.2) is 41.4 Å². The predicted octanol–water partition coefficient (Wildman–Crippen LogP) is 4.40. The molecule has 0 radical (unpaired) electrons. The number of ether oxygens (including phenoxy) is 1. The molecule has 2 aromatic carbocycles. The van der Waals surface area contributed by atoms with Crippen LogP contribution in [0.15, 0.2) is 48.5 Å². The molecule has 0 spiro atoms. The zero-order chi connectivity index (χ0) is 22.3. The van der Waals surface area contributed by atoms with Crippen LogP contribution in [-0.2, 0) is 16.0 Å². The topological polar surface area (TPSA) is 58.6 Å². The maximum absolute atomic E-state index is 13.0. The molecule has 5 nitrogen and oxygen atoms in total. The molecule has 0 heterocycles. The minimum Gasteiger partial charge on any atom is -0.484 e. The number of halogens is 1. The Morgan fingerprint density at radius 2 is 1.80 bits per heavy atom. The van der Waals surface area contributed by atoms with Crippen LogP contribution in [0.5, 0.6) is 5.75 Å². The number of amides is 2. The van der Waals surface area contributed by atoms with Crippen LogP contribution < -0.4 is 10.1 Å². The van der Waals surface area contributed by atoms with Gasteiger partial charge in [-0.2, -0.15) is 0 Å². The van der Waals surface area contributed by atoms with E-state index in [0.717, 1.165) is 11.1 Å². The van der Waals surface area contributed by atoms with Gasteiger partial charge in [0.05, 0.1) is 0 Å². The number of aryl methyl sites for hydroxylation is 1. The molecule has 0 aromatic heterocycles. The second-order valence-corrected chi connectivity index (χ2v) is 8.84. The molecular weight excluding hydrogens is 400 g/mol. The van der Waals surface area contributed by atoms with Gasteiger partial charge in [-0.3, -0.25) is 9.59 Å². The first kappa shape index (κ1) is 23.7. The summed E-state index contributed by atoms with van der Waals surface area (Å²) in [6.07, 6.45) is 0.653. The SMILES string of the molecule is Cc1cc(OCC(=O)N(CCc2ccccc2)[C@@H](C)C(=O)NC(C)(C)C)ccc1Cl. The van der Waals surface area contributed by atoms with Crippen molar-refractivity contribution in [3.63, 3.8) is 0 Å². The van der Waals surface area contributed by atoms with E-state index >= 15 is 0 Å². The molecule has 0 saturated carbocycles. The van der Waals surface area contributed by atoms with Crippen LogP contribution in [0.4, 0.5) is 0 Å². The highest BCUT2D eigenvalue weighted by Crippen LogP contribution is 2.21. The maximum atomic E-state index is 13.0. The summed E-state index contributed by atoms with van der Waals surface area (Å²) in [5, 5.41) is 3.60. The van der Waals surface area contributed by atoms with Gasteiger partial charge >= 0.3 is 0 Å². The van der Waals surface area contributed by atoms with Gasteiger partial charge in [0.2, 0.25) is 5.91 Å². The Hall–Kier alpha value is -2.53. The van der Waals surface area contributed by atoms with Crippen LogP contribution >= 0.6 is 11.6 Å². The molecule has 0 aliphatic rings. The molecule has 0 aliphatic heterocycles. The van der Waals surface area contributed by atoms with Crippen molar-refractivity contribution in [1.29, 1.82) is 0 Å². The molecule has 0 bridgehead atoms. The van der Waals surface area contributed by atoms with E-state index in [2.05, 4.69) is 5.32 Å². The van der Waals surface area contributed by atoms with Gasteiger partial charge in [-0.05, 0) is 70.4 Å². The Kier molecular flexibility index (Phi) is 8.30. The smallest absolute Gasteiger partial charge is 0.261 e. The number of hydrogen-bond acceptors (Lipinski definition) is 3. The van der Waals surface area contributed by atoms with Crippen LogP contribution in [0.3, 0.4) is 0 Å². The van der Waals surface area contributed by atoms with Gasteiger partial charge in [0.25, 0.3) is 5.91 Å². The number of benzene rings is 2. The fraction of sp³-hybridized carbons (Fsp3) is 0.417. The monoisotopic (exact) mass is 430 g/mol. The first-order chi connectivity index (χ1) is 14.1. The first-order valence-corrected chi connectivity index (χ1v) is 10.5. The molecule has 6 heteroatoms. The number of rotatable bonds is 8. The maximum Gasteiger partial charge on any atom is 0.261 e. The minimum atomic E-state index is -0.615. The number of nitrogens with zero attached hydrogens (tertiary/aromatic N) is 1. The molecule has 0 fully saturated rings. The van der Waals surface area contributed by atoms with Crippen molar-refractivity contribution >= 4 is 23.4 Å². The molecule has 2 rings (SSSR count). The number of nitrogens with one attached hydrogen (secondary N) is 1. The van der Waals surface area contributed by atoms with E-state index in [-0.39, 0.29) is 24.0 Å². The van der Waals surface area contributed by atoms with E-state index < -0.39 is 6.04 Å². The second kappa shape index (κ2) is 10.5. The number of hydrogen-bond donors (Lipinski definition) is 1. The zero-order valence-electron chi connectivity index (χ0n) is 18.4. The van der Waals surface area contributed by atoms with Gasteiger partial charge in [-0.1, -0.05) is 41.9 Å². The molecular formula is C24H31ClN2O3. The standard InChI is InChI=1S/C24H31ClN2O3/c1-17-15-20(11-12-21(17)25)30-16-22(28)27(14-13-19-9-7-6-8-10-19)18(2)23(29)26-24(3,4)5/h6-12,15,18H,13-14,16H2,1-5H3,(H,26,29)/t18-/m0/s1. The van der Waals surface area contributed by atoms with Crippen molar-refractivity contribution in [1.82, 2.24) is 10.2 Å². The third-order valence-corrected chi connectivity index (χ3v) is 5.07. The number of carbonyl (C=O) groups is 2. The van der Waals surface area contributed by atoms with Crippen LogP contribution in [0.2, 0.25) is 5.02 Å². The average Bonchev–Trinajstić information content (AvgIpc) is 2.68. The van der Waals surface area contributed by atoms with Gasteiger partial charge in [0, 0.05) is 17.1 Å². The molecule has 1 atom stereocenters. The molecule has 0 aliphatic carbocycles. The molecule has 30 heavy (non-hydrogen) atoms. The van der Waals surface area contributed by atoms with E-state index in [0.29, 0.717) is 23.7 Å². The molecule has 0 saturated heterocycles. The van der Waals surface area contributed by atoms with Gasteiger partial charge in [-0.15, -0.1) is 0 Å². The highest BCUT2D eigenvalue weighted by atomic mass is 35.5. The third kappa shape index (κ3) is 7.38. The van der Waals surface area contributed by atoms with Crippen LogP contribution in [0.1, 0.15) is 38.8 Å². The largest absolute Gasteiger partial charge is 0.484 e. The Morgan fingerprint density at radius 1 is 1.13 bits per heavy atom.